The van der Waals surface area contributed by atoms with Crippen molar-refractivity contribution in [3.05, 3.63) is 71.8 Å². The van der Waals surface area contributed by atoms with Crippen molar-refractivity contribution >= 4 is 23.8 Å². The highest BCUT2D eigenvalue weighted by atomic mass is 16.6. The lowest BCUT2D eigenvalue weighted by Gasteiger charge is -2.28. The van der Waals surface area contributed by atoms with Crippen LogP contribution in [0.2, 0.25) is 0 Å². The summed E-state index contributed by atoms with van der Waals surface area (Å²) in [5, 5.41) is 3.08. The van der Waals surface area contributed by atoms with Gasteiger partial charge in [0.25, 0.3) is 0 Å². The Morgan fingerprint density at radius 2 is 1.58 bits per heavy atom. The third kappa shape index (κ3) is 8.20. The molecule has 2 aromatic carbocycles. The second kappa shape index (κ2) is 13.4. The molecule has 0 saturated carbocycles. The standard InChI is InChI=1S/C27H34N4O5/c1-19(2)16-23(25(33)29-31-17-24(32)28-27(31)35)22(15-9-14-20-10-5-3-6-11-20)26(34)30-36-18-21-12-7-4-8-13-21/h3-8,10-13,19,22-23H,9,14-18H2,1-2H3,(H,29,33)(H,30,34)(H,28,32,35)/t22-,23+/m0/s1. The van der Waals surface area contributed by atoms with Crippen LogP contribution < -0.4 is 16.2 Å². The summed E-state index contributed by atoms with van der Waals surface area (Å²) in [5.74, 6) is -2.65. The molecule has 2 aromatic rings. The number of hydrogen-bond acceptors (Lipinski definition) is 5. The summed E-state index contributed by atoms with van der Waals surface area (Å²) in [6, 6.07) is 18.7. The number of benzene rings is 2. The van der Waals surface area contributed by atoms with Crippen LogP contribution in [0.3, 0.4) is 0 Å². The number of hydroxylamine groups is 1. The zero-order chi connectivity index (χ0) is 25.9. The third-order valence-corrected chi connectivity index (χ3v) is 6.00. The Hall–Kier alpha value is -3.72. The van der Waals surface area contributed by atoms with E-state index in [9.17, 15) is 19.2 Å². The molecule has 192 valence electrons. The molecule has 0 aliphatic carbocycles. The van der Waals surface area contributed by atoms with Crippen LogP contribution in [-0.2, 0) is 32.2 Å². The zero-order valence-electron chi connectivity index (χ0n) is 20.7. The molecule has 0 aromatic heterocycles. The number of hydrogen-bond donors (Lipinski definition) is 3. The molecule has 0 spiro atoms. The van der Waals surface area contributed by atoms with Crippen LogP contribution in [0.15, 0.2) is 60.7 Å². The van der Waals surface area contributed by atoms with Crippen molar-refractivity contribution in [2.24, 2.45) is 17.8 Å². The number of amides is 5. The van der Waals surface area contributed by atoms with E-state index in [-0.39, 0.29) is 25.0 Å². The van der Waals surface area contributed by atoms with Crippen LogP contribution in [-0.4, -0.2) is 35.3 Å². The van der Waals surface area contributed by atoms with Crippen molar-refractivity contribution in [2.45, 2.75) is 46.1 Å². The molecule has 0 bridgehead atoms. The van der Waals surface area contributed by atoms with Crippen molar-refractivity contribution in [2.75, 3.05) is 6.54 Å². The van der Waals surface area contributed by atoms with E-state index in [0.717, 1.165) is 22.6 Å². The van der Waals surface area contributed by atoms with E-state index in [4.69, 9.17) is 4.84 Å². The molecule has 5 amide bonds. The summed E-state index contributed by atoms with van der Waals surface area (Å²) in [4.78, 5) is 55.6. The Bertz CT molecular complexity index is 1030. The molecule has 1 heterocycles. The quantitative estimate of drug-likeness (QED) is 0.292. The molecule has 9 heteroatoms. The van der Waals surface area contributed by atoms with Crippen LogP contribution in [0.1, 0.15) is 44.2 Å². The van der Waals surface area contributed by atoms with Crippen molar-refractivity contribution in [3.63, 3.8) is 0 Å². The molecule has 2 atom stereocenters. The normalized spacial score (nSPS) is 14.9. The fourth-order valence-electron chi connectivity index (χ4n) is 4.24. The molecular formula is C27H34N4O5. The fourth-order valence-corrected chi connectivity index (χ4v) is 4.24. The first-order chi connectivity index (χ1) is 17.3. The number of hydrazine groups is 1. The van der Waals surface area contributed by atoms with Gasteiger partial charge in [-0.1, -0.05) is 74.5 Å². The summed E-state index contributed by atoms with van der Waals surface area (Å²) in [6.45, 7) is 3.87. The lowest BCUT2D eigenvalue weighted by atomic mass is 9.81. The lowest BCUT2D eigenvalue weighted by Crippen LogP contribution is -2.50. The van der Waals surface area contributed by atoms with Crippen LogP contribution in [0.5, 0.6) is 0 Å². The number of aryl methyl sites for hydroxylation is 1. The predicted molar refractivity (Wildman–Crippen MR) is 134 cm³/mol. The van der Waals surface area contributed by atoms with Gasteiger partial charge in [-0.05, 0) is 42.7 Å². The van der Waals surface area contributed by atoms with Crippen molar-refractivity contribution in [1.29, 1.82) is 0 Å². The van der Waals surface area contributed by atoms with Gasteiger partial charge in [-0.2, -0.15) is 0 Å². The molecule has 1 aliphatic rings. The highest BCUT2D eigenvalue weighted by Gasteiger charge is 2.37. The molecule has 9 nitrogen and oxygen atoms in total. The van der Waals surface area contributed by atoms with Gasteiger partial charge in [0.1, 0.15) is 6.54 Å². The predicted octanol–water partition coefficient (Wildman–Crippen LogP) is 3.12. The largest absolute Gasteiger partial charge is 0.343 e. The molecule has 3 rings (SSSR count). The zero-order valence-corrected chi connectivity index (χ0v) is 20.7. The number of carbonyl (C=O) groups is 4. The maximum Gasteiger partial charge on any atom is 0.343 e. The van der Waals surface area contributed by atoms with Gasteiger partial charge in [-0.15, -0.1) is 0 Å². The topological polar surface area (TPSA) is 117 Å². The number of imide groups is 1. The first-order valence-corrected chi connectivity index (χ1v) is 12.2. The van der Waals surface area contributed by atoms with E-state index in [1.54, 1.807) is 0 Å². The van der Waals surface area contributed by atoms with Gasteiger partial charge >= 0.3 is 6.03 Å². The molecule has 3 N–H and O–H groups in total. The molecule has 1 aliphatic heterocycles. The Morgan fingerprint density at radius 3 is 2.17 bits per heavy atom. The third-order valence-electron chi connectivity index (χ3n) is 6.00. The van der Waals surface area contributed by atoms with Crippen LogP contribution in [0, 0.1) is 17.8 Å². The lowest BCUT2D eigenvalue weighted by molar-refractivity contribution is -0.146. The van der Waals surface area contributed by atoms with Gasteiger partial charge in [0.2, 0.25) is 17.7 Å². The monoisotopic (exact) mass is 494 g/mol. The number of nitrogens with one attached hydrogen (secondary N) is 3. The minimum atomic E-state index is -0.718. The molecule has 0 unspecified atom stereocenters. The smallest absolute Gasteiger partial charge is 0.275 e. The van der Waals surface area contributed by atoms with Crippen molar-refractivity contribution < 1.29 is 24.0 Å². The van der Waals surface area contributed by atoms with E-state index in [1.807, 2.05) is 74.5 Å². The molecule has 36 heavy (non-hydrogen) atoms. The van der Waals surface area contributed by atoms with E-state index in [2.05, 4.69) is 16.2 Å². The summed E-state index contributed by atoms with van der Waals surface area (Å²) >= 11 is 0. The minimum Gasteiger partial charge on any atom is -0.275 e. The summed E-state index contributed by atoms with van der Waals surface area (Å²) in [5.41, 5.74) is 7.11. The van der Waals surface area contributed by atoms with Crippen molar-refractivity contribution in [3.8, 4) is 0 Å². The number of rotatable bonds is 13. The van der Waals surface area contributed by atoms with Gasteiger partial charge in [0.15, 0.2) is 0 Å². The molecule has 0 radical (unpaired) electrons. The number of carbonyl (C=O) groups excluding carboxylic acids is 4. The molecular weight excluding hydrogens is 460 g/mol. The Kier molecular flexibility index (Phi) is 10.00. The minimum absolute atomic E-state index is 0.115. The van der Waals surface area contributed by atoms with Gasteiger partial charge in [0, 0.05) is 0 Å². The number of urea groups is 1. The van der Waals surface area contributed by atoms with E-state index >= 15 is 0 Å². The second-order valence-electron chi connectivity index (χ2n) is 9.38. The maximum absolute atomic E-state index is 13.3. The second-order valence-corrected chi connectivity index (χ2v) is 9.38. The van der Waals surface area contributed by atoms with E-state index < -0.39 is 29.7 Å². The Labute approximate surface area is 211 Å². The average molecular weight is 495 g/mol. The van der Waals surface area contributed by atoms with E-state index in [0.29, 0.717) is 19.3 Å². The summed E-state index contributed by atoms with van der Waals surface area (Å²) in [7, 11) is 0. The SMILES string of the molecule is CC(C)C[C@@H](C(=O)NN1CC(=O)NC1=O)[C@H](CCCc1ccccc1)C(=O)NOCc1ccccc1. The van der Waals surface area contributed by atoms with Gasteiger partial charge in [-0.3, -0.25) is 30.0 Å². The highest BCUT2D eigenvalue weighted by molar-refractivity contribution is 6.02. The van der Waals surface area contributed by atoms with Crippen LogP contribution in [0.4, 0.5) is 4.79 Å². The average Bonchev–Trinajstić information content (AvgIpc) is 3.17. The Morgan fingerprint density at radius 1 is 0.944 bits per heavy atom. The van der Waals surface area contributed by atoms with Gasteiger partial charge in [-0.25, -0.2) is 15.3 Å². The maximum atomic E-state index is 13.3. The molecule has 1 saturated heterocycles. The van der Waals surface area contributed by atoms with Crippen LogP contribution >= 0.6 is 0 Å². The Balaban J connectivity index is 1.71. The first-order valence-electron chi connectivity index (χ1n) is 12.2. The summed E-state index contributed by atoms with van der Waals surface area (Å²) in [6.07, 6.45) is 2.32. The van der Waals surface area contributed by atoms with Gasteiger partial charge < -0.3 is 0 Å². The number of nitrogens with zero attached hydrogens (tertiary/aromatic N) is 1. The van der Waals surface area contributed by atoms with Gasteiger partial charge in [0.05, 0.1) is 18.4 Å². The fraction of sp³-hybridized carbons (Fsp3) is 0.407. The van der Waals surface area contributed by atoms with E-state index in [1.165, 1.54) is 0 Å². The first kappa shape index (κ1) is 26.9. The van der Waals surface area contributed by atoms with Crippen molar-refractivity contribution in [1.82, 2.24) is 21.2 Å². The molecule has 1 fully saturated rings. The highest BCUT2D eigenvalue weighted by Crippen LogP contribution is 2.27. The summed E-state index contributed by atoms with van der Waals surface area (Å²) < 4.78 is 0. The van der Waals surface area contributed by atoms with Crippen LogP contribution in [0.25, 0.3) is 0 Å².